The van der Waals surface area contributed by atoms with Crippen LogP contribution in [0.2, 0.25) is 0 Å². The summed E-state index contributed by atoms with van der Waals surface area (Å²) in [6.07, 6.45) is 5.02. The van der Waals surface area contributed by atoms with Crippen LogP contribution in [0.5, 0.6) is 0 Å². The number of carbonyl (C=O) groups is 2. The normalized spacial score (nSPS) is 30.3. The van der Waals surface area contributed by atoms with Gasteiger partial charge in [0.15, 0.2) is 0 Å². The minimum Gasteiger partial charge on any atom is -0.337 e. The molecule has 0 radical (unpaired) electrons. The number of likely N-dealkylation sites (tertiary alicyclic amines) is 2. The molecule has 1 aromatic carbocycles. The Morgan fingerprint density at radius 3 is 2.67 bits per heavy atom. The maximum absolute atomic E-state index is 14.2. The van der Waals surface area contributed by atoms with E-state index in [4.69, 9.17) is 0 Å². The molecule has 2 amide bonds. The van der Waals surface area contributed by atoms with E-state index in [1.807, 2.05) is 9.80 Å². The molecule has 2 saturated heterocycles. The molecule has 0 spiro atoms. The number of halogens is 1. The molecule has 6 nitrogen and oxygen atoms in total. The van der Waals surface area contributed by atoms with E-state index >= 15 is 0 Å². The molecule has 1 saturated carbocycles. The zero-order chi connectivity index (χ0) is 21.0. The van der Waals surface area contributed by atoms with Gasteiger partial charge in [0.25, 0.3) is 5.91 Å². The van der Waals surface area contributed by atoms with Crippen molar-refractivity contribution in [3.63, 3.8) is 0 Å². The zero-order valence-electron chi connectivity index (χ0n) is 17.4. The van der Waals surface area contributed by atoms with Crippen LogP contribution in [0.1, 0.15) is 56.4 Å². The van der Waals surface area contributed by atoms with Gasteiger partial charge in [-0.1, -0.05) is 31.9 Å². The minimum atomic E-state index is -0.365. The molecule has 3 aliphatic rings. The molecular weight excluding hydrogens is 383 g/mol. The first-order valence-corrected chi connectivity index (χ1v) is 10.8. The number of piperidine rings is 1. The second kappa shape index (κ2) is 6.93. The maximum atomic E-state index is 14.2. The van der Waals surface area contributed by atoms with Crippen molar-refractivity contribution in [2.75, 3.05) is 6.54 Å². The number of aromatic amines is 1. The molecule has 1 aromatic heterocycles. The standard InChI is InChI=1S/C23H27FN4O2/c1-14(29)27-13-15-12-23(2)20(27)9-5-6-10-21(23)28(15)22(30)19-11-18(25-26-19)16-7-3-4-8-17(16)24/h3-4,7-8,11,15,20-21H,5-6,9-10,12-13H2,1-2H3,(H,25,26)/t15-,20+,21-,23+/m0/s1. The van der Waals surface area contributed by atoms with Crippen LogP contribution in [0, 0.1) is 11.2 Å². The van der Waals surface area contributed by atoms with Crippen molar-refractivity contribution < 1.29 is 14.0 Å². The van der Waals surface area contributed by atoms with Gasteiger partial charge in [-0.2, -0.15) is 5.10 Å². The lowest BCUT2D eigenvalue weighted by atomic mass is 9.71. The summed E-state index contributed by atoms with van der Waals surface area (Å²) in [6.45, 7) is 4.47. The van der Waals surface area contributed by atoms with Gasteiger partial charge < -0.3 is 9.80 Å². The topological polar surface area (TPSA) is 69.3 Å². The van der Waals surface area contributed by atoms with Crippen molar-refractivity contribution in [2.45, 2.75) is 64.1 Å². The molecule has 2 aromatic rings. The summed E-state index contributed by atoms with van der Waals surface area (Å²) in [4.78, 5) is 30.0. The molecular formula is C23H27FN4O2. The number of hydrogen-bond donors (Lipinski definition) is 1. The Labute approximate surface area is 175 Å². The Kier molecular flexibility index (Phi) is 4.45. The fourth-order valence-electron chi connectivity index (χ4n) is 6.20. The van der Waals surface area contributed by atoms with Gasteiger partial charge >= 0.3 is 0 Å². The molecule has 1 aliphatic carbocycles. The minimum absolute atomic E-state index is 0.00552. The number of rotatable bonds is 2. The van der Waals surface area contributed by atoms with Crippen molar-refractivity contribution >= 4 is 11.8 Å². The average Bonchev–Trinajstić information content (AvgIpc) is 3.24. The van der Waals surface area contributed by atoms with E-state index in [0.717, 1.165) is 32.1 Å². The first-order valence-electron chi connectivity index (χ1n) is 10.8. The lowest BCUT2D eigenvalue weighted by Gasteiger charge is -2.46. The Balaban J connectivity index is 1.49. The first-order chi connectivity index (χ1) is 14.4. The SMILES string of the molecule is CC(=O)N1C[C@@H]2C[C@@]3(C)[C@H](CCCC[C@@H]13)N2C(=O)c1cc(-c2ccccc2F)n[nH]1. The molecule has 3 heterocycles. The third kappa shape index (κ3) is 2.78. The van der Waals surface area contributed by atoms with Crippen molar-refractivity contribution in [3.05, 3.63) is 41.8 Å². The highest BCUT2D eigenvalue weighted by Gasteiger charge is 2.60. The average molecular weight is 410 g/mol. The van der Waals surface area contributed by atoms with Gasteiger partial charge in [0.2, 0.25) is 5.91 Å². The predicted octanol–water partition coefficient (Wildman–Crippen LogP) is 3.61. The van der Waals surface area contributed by atoms with Gasteiger partial charge in [-0.3, -0.25) is 14.7 Å². The van der Waals surface area contributed by atoms with Crippen LogP contribution in [0.15, 0.2) is 30.3 Å². The van der Waals surface area contributed by atoms with E-state index in [2.05, 4.69) is 17.1 Å². The van der Waals surface area contributed by atoms with E-state index in [1.165, 1.54) is 6.07 Å². The molecule has 2 bridgehead atoms. The number of nitrogens with one attached hydrogen (secondary N) is 1. The van der Waals surface area contributed by atoms with Crippen LogP contribution in [-0.4, -0.2) is 56.5 Å². The summed E-state index contributed by atoms with van der Waals surface area (Å²) >= 11 is 0. The number of amides is 2. The summed E-state index contributed by atoms with van der Waals surface area (Å²) in [5.41, 5.74) is 1.08. The number of H-pyrrole nitrogens is 1. The largest absolute Gasteiger partial charge is 0.337 e. The van der Waals surface area contributed by atoms with E-state index in [-0.39, 0.29) is 41.2 Å². The van der Waals surface area contributed by atoms with Crippen molar-refractivity contribution in [2.24, 2.45) is 5.41 Å². The van der Waals surface area contributed by atoms with Crippen molar-refractivity contribution in [3.8, 4) is 11.3 Å². The molecule has 30 heavy (non-hydrogen) atoms. The third-order valence-corrected chi connectivity index (χ3v) is 7.51. The second-order valence-corrected chi connectivity index (χ2v) is 9.21. The summed E-state index contributed by atoms with van der Waals surface area (Å²) < 4.78 is 14.2. The van der Waals surface area contributed by atoms with E-state index in [1.54, 1.807) is 31.2 Å². The number of aromatic nitrogens is 2. The van der Waals surface area contributed by atoms with E-state index in [9.17, 15) is 14.0 Å². The predicted molar refractivity (Wildman–Crippen MR) is 110 cm³/mol. The van der Waals surface area contributed by atoms with Crippen molar-refractivity contribution in [1.82, 2.24) is 20.0 Å². The fraction of sp³-hybridized carbons (Fsp3) is 0.522. The molecule has 0 unspecified atom stereocenters. The van der Waals surface area contributed by atoms with E-state index < -0.39 is 0 Å². The fourth-order valence-corrected chi connectivity index (χ4v) is 6.20. The van der Waals surface area contributed by atoms with Crippen LogP contribution in [0.4, 0.5) is 4.39 Å². The second-order valence-electron chi connectivity index (χ2n) is 9.21. The van der Waals surface area contributed by atoms with Crippen LogP contribution in [-0.2, 0) is 4.79 Å². The van der Waals surface area contributed by atoms with Gasteiger partial charge in [-0.25, -0.2) is 4.39 Å². The molecule has 1 N–H and O–H groups in total. The molecule has 5 rings (SSSR count). The smallest absolute Gasteiger partial charge is 0.272 e. The monoisotopic (exact) mass is 410 g/mol. The van der Waals surface area contributed by atoms with Crippen LogP contribution in [0.25, 0.3) is 11.3 Å². The number of benzene rings is 1. The Hall–Kier alpha value is -2.70. The van der Waals surface area contributed by atoms with Gasteiger partial charge in [0.1, 0.15) is 11.5 Å². The number of carbonyl (C=O) groups excluding carboxylic acids is 2. The number of fused-ring (bicyclic) bond motifs is 1. The third-order valence-electron chi connectivity index (χ3n) is 7.51. The maximum Gasteiger partial charge on any atom is 0.272 e. The lowest BCUT2D eigenvalue weighted by molar-refractivity contribution is -0.136. The number of hydrogen-bond acceptors (Lipinski definition) is 3. The molecule has 4 atom stereocenters. The highest BCUT2D eigenvalue weighted by Crippen LogP contribution is 2.53. The quantitative estimate of drug-likeness (QED) is 0.822. The first kappa shape index (κ1) is 19.3. The zero-order valence-corrected chi connectivity index (χ0v) is 17.4. The molecule has 7 heteroatoms. The lowest BCUT2D eigenvalue weighted by Crippen LogP contribution is -2.55. The number of nitrogens with zero attached hydrogens (tertiary/aromatic N) is 3. The summed E-state index contributed by atoms with van der Waals surface area (Å²) in [6, 6.07) is 8.36. The Morgan fingerprint density at radius 1 is 1.20 bits per heavy atom. The van der Waals surface area contributed by atoms with Gasteiger partial charge in [0, 0.05) is 36.5 Å². The molecule has 3 fully saturated rings. The van der Waals surface area contributed by atoms with Crippen LogP contribution < -0.4 is 0 Å². The highest BCUT2D eigenvalue weighted by atomic mass is 19.1. The van der Waals surface area contributed by atoms with Gasteiger partial charge in [-0.05, 0) is 37.5 Å². The highest BCUT2D eigenvalue weighted by molar-refractivity contribution is 5.94. The van der Waals surface area contributed by atoms with Crippen molar-refractivity contribution in [1.29, 1.82) is 0 Å². The Bertz CT molecular complexity index is 1000. The summed E-state index contributed by atoms with van der Waals surface area (Å²) in [7, 11) is 0. The van der Waals surface area contributed by atoms with E-state index in [0.29, 0.717) is 23.5 Å². The van der Waals surface area contributed by atoms with Crippen LogP contribution >= 0.6 is 0 Å². The van der Waals surface area contributed by atoms with Gasteiger partial charge in [-0.15, -0.1) is 0 Å². The van der Waals surface area contributed by atoms with Crippen LogP contribution in [0.3, 0.4) is 0 Å². The van der Waals surface area contributed by atoms with Gasteiger partial charge in [0.05, 0.1) is 11.7 Å². The summed E-state index contributed by atoms with van der Waals surface area (Å²) in [5.74, 6) is -0.375. The summed E-state index contributed by atoms with van der Waals surface area (Å²) in [5, 5.41) is 7.04. The molecule has 2 aliphatic heterocycles. The Morgan fingerprint density at radius 2 is 1.93 bits per heavy atom. The molecule has 158 valence electrons.